The number of hydrogen-bond acceptors (Lipinski definition) is 14. The van der Waals surface area contributed by atoms with Gasteiger partial charge in [-0.15, -0.1) is 11.8 Å². The van der Waals surface area contributed by atoms with Gasteiger partial charge in [0.15, 0.2) is 10.3 Å². The SMILES string of the molecule is CSC(=NC1CCC(N)CC1)N(C)N=CC1=C(C(=O)O)N2C(=O)C(NC(=O)C(=NOCF)c3nsc(N)n3)[C@@H]2SC1. The molecule has 15 nitrogen and oxygen atoms in total. The van der Waals surface area contributed by atoms with Crippen molar-refractivity contribution in [1.82, 2.24) is 24.6 Å². The van der Waals surface area contributed by atoms with Gasteiger partial charge in [-0.25, -0.2) is 14.2 Å². The van der Waals surface area contributed by atoms with Crippen LogP contribution < -0.4 is 16.8 Å². The van der Waals surface area contributed by atoms with Gasteiger partial charge in [0.1, 0.15) is 17.1 Å². The lowest BCUT2D eigenvalue weighted by atomic mass is 9.92. The summed E-state index contributed by atoms with van der Waals surface area (Å²) in [5, 5.41) is 21.8. The lowest BCUT2D eigenvalue weighted by molar-refractivity contribution is -0.150. The fourth-order valence-electron chi connectivity index (χ4n) is 4.42. The number of nitrogen functional groups attached to an aromatic ring is 1. The molecule has 19 heteroatoms. The zero-order valence-corrected chi connectivity index (χ0v) is 24.5. The Morgan fingerprint density at radius 2 is 2.10 bits per heavy atom. The third-order valence-electron chi connectivity index (χ3n) is 6.44. The van der Waals surface area contributed by atoms with E-state index in [1.165, 1.54) is 29.7 Å². The first-order valence-corrected chi connectivity index (χ1v) is 15.4. The van der Waals surface area contributed by atoms with Gasteiger partial charge in [0.05, 0.1) is 12.3 Å². The third kappa shape index (κ3) is 6.96. The van der Waals surface area contributed by atoms with Crippen LogP contribution >= 0.6 is 35.1 Å². The number of nitrogens with zero attached hydrogens (tertiary/aromatic N) is 7. The zero-order valence-electron chi connectivity index (χ0n) is 22.1. The summed E-state index contributed by atoms with van der Waals surface area (Å²) >= 11 is 3.47. The molecule has 3 aliphatic rings. The second-order valence-electron chi connectivity index (χ2n) is 9.13. The molecule has 0 radical (unpaired) electrons. The number of aromatic nitrogens is 2. The molecule has 2 aliphatic heterocycles. The van der Waals surface area contributed by atoms with Crippen LogP contribution in [0.1, 0.15) is 31.5 Å². The van der Waals surface area contributed by atoms with E-state index in [4.69, 9.17) is 16.5 Å². The number of carboxylic acids is 1. The summed E-state index contributed by atoms with van der Waals surface area (Å²) in [7, 11) is 1.72. The number of hydrazone groups is 1. The largest absolute Gasteiger partial charge is 0.477 e. The molecule has 1 aromatic heterocycles. The molecule has 1 unspecified atom stereocenters. The Kier molecular flexibility index (Phi) is 10.2. The summed E-state index contributed by atoms with van der Waals surface area (Å²) in [6.07, 6.45) is 6.91. The predicted molar refractivity (Wildman–Crippen MR) is 155 cm³/mol. The second kappa shape index (κ2) is 13.6. The number of fused-ring (bicyclic) bond motifs is 1. The molecule has 0 spiro atoms. The van der Waals surface area contributed by atoms with Crippen LogP contribution in [-0.4, -0.2) is 109 Å². The molecule has 0 bridgehead atoms. The molecular formula is C22H29FN10O5S3. The van der Waals surface area contributed by atoms with E-state index in [2.05, 4.69) is 29.8 Å². The van der Waals surface area contributed by atoms with Crippen molar-refractivity contribution < 1.29 is 28.7 Å². The number of amidine groups is 1. The first-order chi connectivity index (χ1) is 19.6. The van der Waals surface area contributed by atoms with Crippen molar-refractivity contribution in [2.45, 2.75) is 49.2 Å². The molecule has 3 heterocycles. The minimum Gasteiger partial charge on any atom is -0.477 e. The normalized spacial score (nSPS) is 25.2. The Morgan fingerprint density at radius 3 is 2.71 bits per heavy atom. The standard InChI is InChI=1S/C22H29FN10O5S3/c1-32(22(39-2)27-12-5-3-11(24)4-6-12)26-7-10-8-40-19-14(18(35)33(19)15(10)20(36)37)28-17(34)13(30-38-9-23)16-29-21(25)41-31-16/h7,11-12,14,19H,3-6,8-9,24H2,1-2H3,(H,28,34)(H,36,37)(H2,25,29,31)/t11?,12?,14?,19-/m0/s1. The van der Waals surface area contributed by atoms with E-state index in [0.29, 0.717) is 10.7 Å². The number of hydrogen-bond donors (Lipinski definition) is 4. The lowest BCUT2D eigenvalue weighted by Gasteiger charge is -2.49. The van der Waals surface area contributed by atoms with E-state index in [-0.39, 0.29) is 34.5 Å². The number of carboxylic acid groups (broad SMARTS) is 1. The number of alkyl halides is 1. The molecule has 2 amide bonds. The summed E-state index contributed by atoms with van der Waals surface area (Å²) in [5.74, 6) is -2.86. The smallest absolute Gasteiger partial charge is 0.353 e. The first kappa shape index (κ1) is 30.7. The minimum absolute atomic E-state index is 0.0419. The van der Waals surface area contributed by atoms with Crippen LogP contribution in [0, 0.1) is 0 Å². The number of oxime groups is 1. The van der Waals surface area contributed by atoms with E-state index in [0.717, 1.165) is 42.1 Å². The minimum atomic E-state index is -1.31. The number of aliphatic carboxylic acids is 1. The number of carbonyl (C=O) groups excluding carboxylic acids is 2. The van der Waals surface area contributed by atoms with Crippen molar-refractivity contribution in [2.24, 2.45) is 21.0 Å². The van der Waals surface area contributed by atoms with Gasteiger partial charge in [0, 0.05) is 35.9 Å². The molecule has 2 atom stereocenters. The van der Waals surface area contributed by atoms with E-state index in [1.54, 1.807) is 12.1 Å². The number of β-lactam (4-membered cyclic amide) rings is 1. The number of amides is 2. The Bertz CT molecular complexity index is 1300. The van der Waals surface area contributed by atoms with Gasteiger partial charge >= 0.3 is 5.97 Å². The number of halogens is 1. The molecule has 41 heavy (non-hydrogen) atoms. The number of anilines is 1. The van der Waals surface area contributed by atoms with Gasteiger partial charge in [-0.2, -0.15) is 14.5 Å². The van der Waals surface area contributed by atoms with E-state index >= 15 is 0 Å². The quantitative estimate of drug-likeness (QED) is 0.127. The van der Waals surface area contributed by atoms with Crippen molar-refractivity contribution in [3.05, 3.63) is 17.1 Å². The maximum absolute atomic E-state index is 13.0. The summed E-state index contributed by atoms with van der Waals surface area (Å²) in [5.41, 5.74) is 11.2. The van der Waals surface area contributed by atoms with Gasteiger partial charge in [0.2, 0.25) is 11.5 Å². The summed E-state index contributed by atoms with van der Waals surface area (Å²) in [6, 6.07) is -0.715. The molecule has 1 aromatic rings. The van der Waals surface area contributed by atoms with Gasteiger partial charge in [-0.05, 0) is 31.9 Å². The van der Waals surface area contributed by atoms with Gasteiger partial charge in [0.25, 0.3) is 18.7 Å². The van der Waals surface area contributed by atoms with Crippen LogP contribution in [0.4, 0.5) is 9.52 Å². The van der Waals surface area contributed by atoms with Gasteiger partial charge in [-0.1, -0.05) is 16.9 Å². The topological polar surface area (TPSA) is 214 Å². The molecular weight excluding hydrogens is 600 g/mol. The van der Waals surface area contributed by atoms with Crippen LogP contribution in [0.5, 0.6) is 0 Å². The number of nitrogens with two attached hydrogens (primary N) is 2. The molecule has 1 aliphatic carbocycles. The van der Waals surface area contributed by atoms with Crippen molar-refractivity contribution in [2.75, 3.05) is 31.7 Å². The number of aliphatic imine (C=N–C) groups is 1. The molecule has 1 saturated heterocycles. The highest BCUT2D eigenvalue weighted by Gasteiger charge is 2.54. The maximum Gasteiger partial charge on any atom is 0.353 e. The van der Waals surface area contributed by atoms with Crippen LogP contribution in [0.2, 0.25) is 0 Å². The van der Waals surface area contributed by atoms with Crippen LogP contribution in [-0.2, 0) is 19.2 Å². The predicted octanol–water partition coefficient (Wildman–Crippen LogP) is 0.413. The van der Waals surface area contributed by atoms with Crippen LogP contribution in [0.25, 0.3) is 0 Å². The molecule has 4 rings (SSSR count). The van der Waals surface area contributed by atoms with Crippen molar-refractivity contribution >= 4 is 75.1 Å². The Balaban J connectivity index is 1.47. The number of nitrogens with one attached hydrogen (secondary N) is 1. The molecule has 6 N–H and O–H groups in total. The average Bonchev–Trinajstić information content (AvgIpc) is 3.39. The van der Waals surface area contributed by atoms with Crippen molar-refractivity contribution in [1.29, 1.82) is 0 Å². The van der Waals surface area contributed by atoms with E-state index in [1.807, 2.05) is 6.26 Å². The Labute approximate surface area is 246 Å². The van der Waals surface area contributed by atoms with Gasteiger partial charge < -0.3 is 26.7 Å². The Morgan fingerprint density at radius 1 is 1.37 bits per heavy atom. The lowest BCUT2D eigenvalue weighted by Crippen LogP contribution is -2.71. The number of carbonyl (C=O) groups is 3. The molecule has 1 saturated carbocycles. The molecule has 2 fully saturated rings. The van der Waals surface area contributed by atoms with E-state index in [9.17, 15) is 23.9 Å². The summed E-state index contributed by atoms with van der Waals surface area (Å²) in [6.45, 7) is -1.31. The highest BCUT2D eigenvalue weighted by atomic mass is 32.2. The summed E-state index contributed by atoms with van der Waals surface area (Å²) < 4.78 is 16.4. The maximum atomic E-state index is 13.0. The Hall–Kier alpha value is -3.29. The fourth-order valence-corrected chi connectivity index (χ4v) is 6.71. The van der Waals surface area contributed by atoms with E-state index < -0.39 is 41.8 Å². The third-order valence-corrected chi connectivity index (χ3v) is 9.02. The van der Waals surface area contributed by atoms with Gasteiger partial charge in [-0.3, -0.25) is 19.5 Å². The molecule has 222 valence electrons. The highest BCUT2D eigenvalue weighted by Crippen LogP contribution is 2.40. The first-order valence-electron chi connectivity index (χ1n) is 12.4. The van der Waals surface area contributed by atoms with Crippen molar-refractivity contribution in [3.63, 3.8) is 0 Å². The second-order valence-corrected chi connectivity index (χ2v) is 11.8. The average molecular weight is 629 g/mol. The van der Waals surface area contributed by atoms with Crippen LogP contribution in [0.15, 0.2) is 26.5 Å². The van der Waals surface area contributed by atoms with Crippen molar-refractivity contribution in [3.8, 4) is 0 Å². The fraction of sp³-hybridized carbons (Fsp3) is 0.545. The number of rotatable bonds is 9. The molecule has 0 aromatic carbocycles. The monoisotopic (exact) mass is 628 g/mol. The zero-order chi connectivity index (χ0) is 29.7. The van der Waals surface area contributed by atoms with Crippen LogP contribution in [0.3, 0.4) is 0 Å². The highest BCUT2D eigenvalue weighted by molar-refractivity contribution is 8.13. The summed E-state index contributed by atoms with van der Waals surface area (Å²) in [4.78, 5) is 52.2. The number of thioether (sulfide) groups is 2.